The number of fused-ring (bicyclic) bond motifs is 1. The molecule has 1 heterocycles. The van der Waals surface area contributed by atoms with Crippen LogP contribution < -0.4 is 10.9 Å². The molecule has 6 heteroatoms. The van der Waals surface area contributed by atoms with Gasteiger partial charge in [0, 0.05) is 13.6 Å². The van der Waals surface area contributed by atoms with Crippen molar-refractivity contribution < 1.29 is 4.79 Å². The maximum Gasteiger partial charge on any atom is 0.283 e. The van der Waals surface area contributed by atoms with Gasteiger partial charge >= 0.3 is 0 Å². The summed E-state index contributed by atoms with van der Waals surface area (Å²) in [5.74, 6) is 0.134. The standard InChI is InChI=1S/C14H17N3O2S/c1-3-8-15-12(18)9-20-13-14(19)17(2)11-7-5-4-6-10(11)16-13/h4-7H,3,8-9H2,1-2H3,(H,15,18). The van der Waals surface area contributed by atoms with E-state index in [9.17, 15) is 9.59 Å². The van der Waals surface area contributed by atoms with Crippen molar-refractivity contribution in [1.82, 2.24) is 14.9 Å². The molecule has 0 aliphatic carbocycles. The van der Waals surface area contributed by atoms with Crippen LogP contribution in [0.15, 0.2) is 34.1 Å². The van der Waals surface area contributed by atoms with E-state index >= 15 is 0 Å². The first-order chi connectivity index (χ1) is 9.63. The number of para-hydroxylation sites is 2. The maximum atomic E-state index is 12.2. The Morgan fingerprint density at radius 2 is 2.15 bits per heavy atom. The van der Waals surface area contributed by atoms with Gasteiger partial charge in [0.2, 0.25) is 5.91 Å². The van der Waals surface area contributed by atoms with Gasteiger partial charge in [-0.3, -0.25) is 9.59 Å². The Morgan fingerprint density at radius 1 is 1.40 bits per heavy atom. The molecule has 5 nitrogen and oxygen atoms in total. The second-order valence-corrected chi connectivity index (χ2v) is 5.37. The Morgan fingerprint density at radius 3 is 2.90 bits per heavy atom. The van der Waals surface area contributed by atoms with Crippen molar-refractivity contribution in [2.75, 3.05) is 12.3 Å². The molecule has 0 spiro atoms. The number of rotatable bonds is 5. The minimum absolute atomic E-state index is 0.0751. The zero-order valence-corrected chi connectivity index (χ0v) is 12.4. The first-order valence-corrected chi connectivity index (χ1v) is 7.47. The fraction of sp³-hybridized carbons (Fsp3) is 0.357. The molecule has 0 aliphatic heterocycles. The average Bonchev–Trinajstić information content (AvgIpc) is 2.47. The van der Waals surface area contributed by atoms with Crippen LogP contribution in [0.25, 0.3) is 11.0 Å². The summed E-state index contributed by atoms with van der Waals surface area (Å²) >= 11 is 1.18. The van der Waals surface area contributed by atoms with Gasteiger partial charge in [-0.15, -0.1) is 0 Å². The van der Waals surface area contributed by atoms with Crippen LogP contribution in [-0.2, 0) is 11.8 Å². The molecule has 2 aromatic rings. The lowest BCUT2D eigenvalue weighted by Crippen LogP contribution is -2.27. The third kappa shape index (κ3) is 3.19. The molecule has 1 aromatic carbocycles. The highest BCUT2D eigenvalue weighted by Gasteiger charge is 2.10. The lowest BCUT2D eigenvalue weighted by Gasteiger charge is -2.07. The van der Waals surface area contributed by atoms with Crippen molar-refractivity contribution in [3.8, 4) is 0 Å². The third-order valence-corrected chi connectivity index (χ3v) is 3.81. The second-order valence-electron chi connectivity index (χ2n) is 4.41. The number of thioether (sulfide) groups is 1. The maximum absolute atomic E-state index is 12.2. The predicted octanol–water partition coefficient (Wildman–Crippen LogP) is 1.55. The number of aromatic nitrogens is 2. The molecule has 0 radical (unpaired) electrons. The molecule has 1 N–H and O–H groups in total. The number of nitrogens with zero attached hydrogens (tertiary/aromatic N) is 2. The van der Waals surface area contributed by atoms with Crippen molar-refractivity contribution in [2.24, 2.45) is 7.05 Å². The summed E-state index contributed by atoms with van der Waals surface area (Å²) in [6.45, 7) is 2.65. The normalized spacial score (nSPS) is 10.7. The smallest absolute Gasteiger partial charge is 0.283 e. The molecule has 0 fully saturated rings. The highest BCUT2D eigenvalue weighted by atomic mass is 32.2. The number of carbonyl (C=O) groups is 1. The monoisotopic (exact) mass is 291 g/mol. The van der Waals surface area contributed by atoms with Gasteiger partial charge in [-0.1, -0.05) is 30.8 Å². The fourth-order valence-electron chi connectivity index (χ4n) is 1.80. The minimum Gasteiger partial charge on any atom is -0.355 e. The number of nitrogens with one attached hydrogen (secondary N) is 1. The molecular formula is C14H17N3O2S. The van der Waals surface area contributed by atoms with Gasteiger partial charge in [0.15, 0.2) is 5.03 Å². The zero-order valence-electron chi connectivity index (χ0n) is 11.5. The van der Waals surface area contributed by atoms with E-state index in [1.807, 2.05) is 31.2 Å². The highest BCUT2D eigenvalue weighted by molar-refractivity contribution is 7.99. The van der Waals surface area contributed by atoms with E-state index in [2.05, 4.69) is 10.3 Å². The molecule has 0 saturated carbocycles. The Labute approximate surface area is 121 Å². The van der Waals surface area contributed by atoms with E-state index in [0.29, 0.717) is 11.6 Å². The first-order valence-electron chi connectivity index (χ1n) is 6.48. The van der Waals surface area contributed by atoms with Crippen LogP contribution in [0.4, 0.5) is 0 Å². The number of benzene rings is 1. The number of hydrogen-bond donors (Lipinski definition) is 1. The van der Waals surface area contributed by atoms with Gasteiger partial charge in [-0.05, 0) is 18.6 Å². The van der Waals surface area contributed by atoms with E-state index in [-0.39, 0.29) is 17.2 Å². The van der Waals surface area contributed by atoms with Crippen LogP contribution in [0, 0.1) is 0 Å². The van der Waals surface area contributed by atoms with E-state index in [1.165, 1.54) is 11.8 Å². The SMILES string of the molecule is CCCNC(=O)CSc1nc2ccccc2n(C)c1=O. The number of amides is 1. The predicted molar refractivity (Wildman–Crippen MR) is 81.0 cm³/mol. The third-order valence-electron chi connectivity index (χ3n) is 2.86. The molecule has 0 unspecified atom stereocenters. The van der Waals surface area contributed by atoms with E-state index in [1.54, 1.807) is 11.6 Å². The van der Waals surface area contributed by atoms with Gasteiger partial charge in [-0.2, -0.15) is 0 Å². The zero-order chi connectivity index (χ0) is 14.5. The molecular weight excluding hydrogens is 274 g/mol. The summed E-state index contributed by atoms with van der Waals surface area (Å²) in [5, 5.41) is 3.14. The number of aryl methyl sites for hydroxylation is 1. The lowest BCUT2D eigenvalue weighted by molar-refractivity contribution is -0.118. The quantitative estimate of drug-likeness (QED) is 0.849. The van der Waals surface area contributed by atoms with Gasteiger partial charge < -0.3 is 9.88 Å². The fourth-order valence-corrected chi connectivity index (χ4v) is 2.59. The lowest BCUT2D eigenvalue weighted by atomic mass is 10.3. The van der Waals surface area contributed by atoms with Gasteiger partial charge in [0.25, 0.3) is 5.56 Å². The largest absolute Gasteiger partial charge is 0.355 e. The highest BCUT2D eigenvalue weighted by Crippen LogP contribution is 2.15. The summed E-state index contributed by atoms with van der Waals surface area (Å²) < 4.78 is 1.56. The molecule has 1 aromatic heterocycles. The number of hydrogen-bond acceptors (Lipinski definition) is 4. The summed E-state index contributed by atoms with van der Waals surface area (Å²) in [7, 11) is 1.72. The molecule has 0 bridgehead atoms. The summed E-state index contributed by atoms with van der Waals surface area (Å²) in [6, 6.07) is 7.46. The Balaban J connectivity index is 2.20. The molecule has 106 valence electrons. The molecule has 20 heavy (non-hydrogen) atoms. The first kappa shape index (κ1) is 14.6. The number of carbonyl (C=O) groups excluding carboxylic acids is 1. The Hall–Kier alpha value is -1.82. The topological polar surface area (TPSA) is 64.0 Å². The van der Waals surface area contributed by atoms with Crippen molar-refractivity contribution in [1.29, 1.82) is 0 Å². The molecule has 2 rings (SSSR count). The van der Waals surface area contributed by atoms with Gasteiger partial charge in [-0.25, -0.2) is 4.98 Å². The Kier molecular flexibility index (Phi) is 4.79. The minimum atomic E-state index is -0.169. The Bertz CT molecular complexity index is 682. The summed E-state index contributed by atoms with van der Waals surface area (Å²) in [6.07, 6.45) is 0.895. The van der Waals surface area contributed by atoms with Crippen LogP contribution in [-0.4, -0.2) is 27.8 Å². The van der Waals surface area contributed by atoms with Crippen LogP contribution in [0.5, 0.6) is 0 Å². The molecule has 1 amide bonds. The van der Waals surface area contributed by atoms with Crippen LogP contribution in [0.2, 0.25) is 0 Å². The molecule has 0 aliphatic rings. The van der Waals surface area contributed by atoms with E-state index in [0.717, 1.165) is 17.5 Å². The second kappa shape index (κ2) is 6.56. The van der Waals surface area contributed by atoms with Crippen LogP contribution in [0.3, 0.4) is 0 Å². The van der Waals surface area contributed by atoms with Gasteiger partial charge in [0.05, 0.1) is 16.8 Å². The van der Waals surface area contributed by atoms with Crippen LogP contribution >= 0.6 is 11.8 Å². The van der Waals surface area contributed by atoms with E-state index < -0.39 is 0 Å². The summed E-state index contributed by atoms with van der Waals surface area (Å²) in [5.41, 5.74) is 1.38. The van der Waals surface area contributed by atoms with E-state index in [4.69, 9.17) is 0 Å². The summed E-state index contributed by atoms with van der Waals surface area (Å²) in [4.78, 5) is 28.1. The van der Waals surface area contributed by atoms with Crippen molar-refractivity contribution in [3.63, 3.8) is 0 Å². The van der Waals surface area contributed by atoms with Crippen molar-refractivity contribution >= 4 is 28.7 Å². The van der Waals surface area contributed by atoms with Crippen LogP contribution in [0.1, 0.15) is 13.3 Å². The van der Waals surface area contributed by atoms with Gasteiger partial charge in [0.1, 0.15) is 0 Å². The average molecular weight is 291 g/mol. The van der Waals surface area contributed by atoms with Crippen molar-refractivity contribution in [3.05, 3.63) is 34.6 Å². The van der Waals surface area contributed by atoms with Crippen molar-refractivity contribution in [2.45, 2.75) is 18.4 Å². The molecule has 0 atom stereocenters. The molecule has 0 saturated heterocycles.